The Balaban J connectivity index is 1.67. The molecule has 3 aromatic rings. The summed E-state index contributed by atoms with van der Waals surface area (Å²) < 4.78 is 57.1. The number of sulfonamides is 1. The lowest BCUT2D eigenvalue weighted by Crippen LogP contribution is -2.30. The van der Waals surface area contributed by atoms with Crippen LogP contribution in [-0.2, 0) is 27.8 Å². The molecule has 1 fully saturated rings. The molecule has 0 spiro atoms. The number of aromatic nitrogens is 1. The van der Waals surface area contributed by atoms with Crippen LogP contribution >= 0.6 is 0 Å². The number of methoxy groups -OCH3 is 3. The molecule has 2 aromatic carbocycles. The van der Waals surface area contributed by atoms with Gasteiger partial charge in [0.25, 0.3) is 0 Å². The van der Waals surface area contributed by atoms with Gasteiger partial charge in [-0.05, 0) is 47.9 Å². The van der Waals surface area contributed by atoms with Crippen molar-refractivity contribution in [1.82, 2.24) is 9.29 Å². The zero-order chi connectivity index (χ0) is 26.3. The van der Waals surface area contributed by atoms with Crippen molar-refractivity contribution in [2.45, 2.75) is 24.4 Å². The minimum atomic E-state index is -4.01. The molecule has 0 N–H and O–H groups in total. The Labute approximate surface area is 217 Å². The molecular formula is C27H32N2O7S. The van der Waals surface area contributed by atoms with Gasteiger partial charge >= 0.3 is 0 Å². The summed E-state index contributed by atoms with van der Waals surface area (Å²) in [5.41, 5.74) is 1.49. The predicted octanol–water partition coefficient (Wildman–Crippen LogP) is 3.91. The fourth-order valence-electron chi connectivity index (χ4n) is 4.10. The monoisotopic (exact) mass is 528 g/mol. The number of pyridine rings is 1. The van der Waals surface area contributed by atoms with Crippen LogP contribution < -0.4 is 18.9 Å². The average molecular weight is 529 g/mol. The number of hydrogen-bond acceptors (Lipinski definition) is 8. The lowest BCUT2D eigenvalue weighted by molar-refractivity contribution is 0.165. The minimum Gasteiger partial charge on any atom is -0.497 e. The number of rotatable bonds is 12. The number of nitrogens with zero attached hydrogens (tertiary/aromatic N) is 2. The van der Waals surface area contributed by atoms with Crippen molar-refractivity contribution in [1.29, 1.82) is 0 Å². The maximum atomic E-state index is 14.0. The molecule has 4 rings (SSSR count). The van der Waals surface area contributed by atoms with Crippen molar-refractivity contribution in [3.63, 3.8) is 0 Å². The second kappa shape index (κ2) is 12.3. The summed E-state index contributed by atoms with van der Waals surface area (Å²) in [7, 11) is 0.491. The average Bonchev–Trinajstić information content (AvgIpc) is 3.45. The van der Waals surface area contributed by atoms with E-state index in [0.29, 0.717) is 36.4 Å². The van der Waals surface area contributed by atoms with E-state index in [1.54, 1.807) is 43.8 Å². The predicted molar refractivity (Wildman–Crippen MR) is 138 cm³/mol. The van der Waals surface area contributed by atoms with E-state index in [-0.39, 0.29) is 23.7 Å². The Kier molecular flexibility index (Phi) is 8.86. The first-order chi connectivity index (χ1) is 17.9. The Hall–Kier alpha value is -3.34. The third-order valence-electron chi connectivity index (χ3n) is 6.16. The SMILES string of the molecule is COc1ccc(OC)c(S(=O)(=O)N(Cc2cccnc2)Cc2ccc(OC)c(OCC3CCOC3)c2)c1. The third kappa shape index (κ3) is 6.51. The summed E-state index contributed by atoms with van der Waals surface area (Å²) in [5, 5.41) is 0. The van der Waals surface area contributed by atoms with Crippen LogP contribution in [0, 0.1) is 5.92 Å². The van der Waals surface area contributed by atoms with Crippen molar-refractivity contribution in [3.05, 3.63) is 72.1 Å². The largest absolute Gasteiger partial charge is 0.497 e. The van der Waals surface area contributed by atoms with Crippen LogP contribution in [0.25, 0.3) is 0 Å². The Bertz CT molecular complexity index is 1280. The van der Waals surface area contributed by atoms with Gasteiger partial charge in [-0.15, -0.1) is 0 Å². The van der Waals surface area contributed by atoms with Gasteiger partial charge in [0.1, 0.15) is 16.4 Å². The van der Waals surface area contributed by atoms with Gasteiger partial charge in [0.15, 0.2) is 11.5 Å². The van der Waals surface area contributed by atoms with Gasteiger partial charge in [-0.3, -0.25) is 4.98 Å². The molecule has 1 unspecified atom stereocenters. The summed E-state index contributed by atoms with van der Waals surface area (Å²) in [4.78, 5) is 4.16. The van der Waals surface area contributed by atoms with E-state index in [4.69, 9.17) is 23.7 Å². The van der Waals surface area contributed by atoms with Crippen LogP contribution in [0.2, 0.25) is 0 Å². The molecule has 10 heteroatoms. The van der Waals surface area contributed by atoms with Crippen LogP contribution in [-0.4, -0.2) is 58.9 Å². The molecule has 0 amide bonds. The molecule has 198 valence electrons. The van der Waals surface area contributed by atoms with Gasteiger partial charge in [-0.1, -0.05) is 12.1 Å². The second-order valence-corrected chi connectivity index (χ2v) is 10.6. The normalized spacial score (nSPS) is 15.5. The van der Waals surface area contributed by atoms with Crippen molar-refractivity contribution < 1.29 is 32.1 Å². The molecule has 0 radical (unpaired) electrons. The molecule has 1 saturated heterocycles. The maximum absolute atomic E-state index is 14.0. The van der Waals surface area contributed by atoms with Gasteiger partial charge < -0.3 is 23.7 Å². The fraction of sp³-hybridized carbons (Fsp3) is 0.370. The molecule has 1 atom stereocenters. The lowest BCUT2D eigenvalue weighted by atomic mass is 10.1. The van der Waals surface area contributed by atoms with Crippen molar-refractivity contribution in [2.75, 3.05) is 41.2 Å². The zero-order valence-electron chi connectivity index (χ0n) is 21.3. The fourth-order valence-corrected chi connectivity index (χ4v) is 5.69. The van der Waals surface area contributed by atoms with Crippen molar-refractivity contribution in [3.8, 4) is 23.0 Å². The Morgan fingerprint density at radius 3 is 2.41 bits per heavy atom. The maximum Gasteiger partial charge on any atom is 0.247 e. The van der Waals surface area contributed by atoms with E-state index in [0.717, 1.165) is 24.2 Å². The molecule has 1 aromatic heterocycles. The summed E-state index contributed by atoms with van der Waals surface area (Å²) in [6, 6.07) is 13.8. The van der Waals surface area contributed by atoms with E-state index < -0.39 is 10.0 Å². The number of hydrogen-bond donors (Lipinski definition) is 0. The molecule has 0 aliphatic carbocycles. The highest BCUT2D eigenvalue weighted by Gasteiger charge is 2.29. The van der Waals surface area contributed by atoms with E-state index in [2.05, 4.69) is 4.98 Å². The molecule has 1 aliphatic rings. The first kappa shape index (κ1) is 26.7. The highest BCUT2D eigenvalue weighted by Crippen LogP contribution is 2.34. The van der Waals surface area contributed by atoms with E-state index in [1.165, 1.54) is 24.6 Å². The number of ether oxygens (including phenoxy) is 5. The minimum absolute atomic E-state index is 0.0180. The number of benzene rings is 2. The molecule has 2 heterocycles. The molecule has 1 aliphatic heterocycles. The Morgan fingerprint density at radius 2 is 1.73 bits per heavy atom. The van der Waals surface area contributed by atoms with Crippen molar-refractivity contribution in [2.24, 2.45) is 5.92 Å². The molecule has 9 nitrogen and oxygen atoms in total. The van der Waals surface area contributed by atoms with Gasteiger partial charge in [0.05, 0.1) is 34.5 Å². The van der Waals surface area contributed by atoms with E-state index in [9.17, 15) is 8.42 Å². The van der Waals surface area contributed by atoms with Crippen LogP contribution in [0.5, 0.6) is 23.0 Å². The van der Waals surface area contributed by atoms with Gasteiger partial charge in [0, 0.05) is 44.1 Å². The van der Waals surface area contributed by atoms with Crippen LogP contribution in [0.15, 0.2) is 65.8 Å². The van der Waals surface area contributed by atoms with Crippen LogP contribution in [0.3, 0.4) is 0 Å². The van der Waals surface area contributed by atoms with Crippen molar-refractivity contribution >= 4 is 10.0 Å². The quantitative estimate of drug-likeness (QED) is 0.349. The van der Waals surface area contributed by atoms with Gasteiger partial charge in [-0.25, -0.2) is 8.42 Å². The topological polar surface area (TPSA) is 96.4 Å². The summed E-state index contributed by atoms with van der Waals surface area (Å²) in [6.07, 6.45) is 4.25. The van der Waals surface area contributed by atoms with Gasteiger partial charge in [-0.2, -0.15) is 4.31 Å². The highest BCUT2D eigenvalue weighted by molar-refractivity contribution is 7.89. The smallest absolute Gasteiger partial charge is 0.247 e. The first-order valence-electron chi connectivity index (χ1n) is 11.9. The van der Waals surface area contributed by atoms with Gasteiger partial charge in [0.2, 0.25) is 10.0 Å². The Morgan fingerprint density at radius 1 is 0.946 bits per heavy atom. The van der Waals surface area contributed by atoms with E-state index in [1.807, 2.05) is 18.2 Å². The van der Waals surface area contributed by atoms with E-state index >= 15 is 0 Å². The molecule has 0 saturated carbocycles. The third-order valence-corrected chi connectivity index (χ3v) is 7.97. The van der Waals surface area contributed by atoms with Crippen LogP contribution in [0.1, 0.15) is 17.5 Å². The summed E-state index contributed by atoms with van der Waals surface area (Å²) >= 11 is 0. The highest BCUT2D eigenvalue weighted by atomic mass is 32.2. The van der Waals surface area contributed by atoms with Crippen LogP contribution in [0.4, 0.5) is 0 Å². The lowest BCUT2D eigenvalue weighted by Gasteiger charge is -2.24. The molecule has 37 heavy (non-hydrogen) atoms. The summed E-state index contributed by atoms with van der Waals surface area (Å²) in [5.74, 6) is 2.10. The molecular weight excluding hydrogens is 496 g/mol. The molecule has 0 bridgehead atoms. The second-order valence-electron chi connectivity index (χ2n) is 8.68. The first-order valence-corrected chi connectivity index (χ1v) is 13.4. The standard InChI is InChI=1S/C27H32N2O7S/c1-32-23-7-9-25(34-3)27(14-23)37(30,31)29(17-21-5-4-11-28-15-21)16-20-6-8-24(33-2)26(13-20)36-19-22-10-12-35-18-22/h4-9,11,13-15,22H,10,12,16-19H2,1-3H3. The zero-order valence-corrected chi connectivity index (χ0v) is 22.1. The summed E-state index contributed by atoms with van der Waals surface area (Å²) in [6.45, 7) is 2.10.